The zero-order valence-corrected chi connectivity index (χ0v) is 7.50. The molecule has 0 saturated heterocycles. The Labute approximate surface area is 82.0 Å². The van der Waals surface area contributed by atoms with Gasteiger partial charge in [-0.15, -0.1) is 11.8 Å². The van der Waals surface area contributed by atoms with Gasteiger partial charge in [0.25, 0.3) is 0 Å². The summed E-state index contributed by atoms with van der Waals surface area (Å²) in [6, 6.07) is 1.32. The summed E-state index contributed by atoms with van der Waals surface area (Å²) in [5.41, 5.74) is -0.237. The first-order valence-corrected chi connectivity index (χ1v) is 3.13. The molecule has 0 amide bonds. The number of hydrogen-bond acceptors (Lipinski definition) is 2. The minimum Gasteiger partial charge on any atom is -0.332 e. The molecule has 4 nitrogen and oxygen atoms in total. The van der Waals surface area contributed by atoms with E-state index in [4.69, 9.17) is 0 Å². The van der Waals surface area contributed by atoms with Crippen molar-refractivity contribution in [2.75, 3.05) is 0 Å². The number of hydrogen-bond donors (Lipinski definition) is 0. The van der Waals surface area contributed by atoms with Gasteiger partial charge in [-0.25, -0.2) is 11.7 Å². The molecule has 0 spiro atoms. The average Bonchev–Trinajstić information content (AvgIpc) is 1.97. The molecule has 1 aromatic rings. The third-order valence-corrected chi connectivity index (χ3v) is 1.63. The first-order valence-electron chi connectivity index (χ1n) is 3.13. The second-order valence-electron chi connectivity index (χ2n) is 2.37. The van der Waals surface area contributed by atoms with Crippen molar-refractivity contribution in [1.82, 2.24) is 9.13 Å². The molecule has 0 aromatic carbocycles. The van der Waals surface area contributed by atoms with E-state index in [0.717, 1.165) is 4.57 Å². The van der Waals surface area contributed by atoms with Gasteiger partial charge in [-0.3, -0.25) is 9.36 Å². The Kier molecular flexibility index (Phi) is 3.44. The average molecular weight is 160 g/mol. The first-order chi connectivity index (χ1) is 5.04. The van der Waals surface area contributed by atoms with E-state index in [1.165, 1.54) is 17.7 Å². The van der Waals surface area contributed by atoms with Crippen molar-refractivity contribution >= 4 is 0 Å². The van der Waals surface area contributed by atoms with Crippen molar-refractivity contribution in [2.45, 2.75) is 0 Å². The molecule has 0 aliphatic carbocycles. The van der Waals surface area contributed by atoms with Gasteiger partial charge in [0, 0.05) is 14.1 Å². The summed E-state index contributed by atoms with van der Waals surface area (Å²) in [6.07, 6.45) is 0. The third-order valence-electron chi connectivity index (χ3n) is 1.63. The molecule has 0 aliphatic heterocycles. The summed E-state index contributed by atoms with van der Waals surface area (Å²) in [5.74, 6) is 0. The Morgan fingerprint density at radius 2 is 1.75 bits per heavy atom. The molecular formula is C7H9LiN2O2. The van der Waals surface area contributed by atoms with Crippen LogP contribution >= 0.6 is 0 Å². The minimum atomic E-state index is -0.345. The van der Waals surface area contributed by atoms with Crippen molar-refractivity contribution in [3.05, 3.63) is 39.5 Å². The summed E-state index contributed by atoms with van der Waals surface area (Å²) in [4.78, 5) is 22.0. The molecule has 0 bridgehead atoms. The molecule has 1 rings (SSSR count). The molecular weight excluding hydrogens is 151 g/mol. The van der Waals surface area contributed by atoms with Crippen LogP contribution in [0.4, 0.5) is 0 Å². The molecule has 5 heteroatoms. The number of aromatic nitrogens is 2. The smallest absolute Gasteiger partial charge is 0.332 e. The first kappa shape index (κ1) is 11.1. The van der Waals surface area contributed by atoms with E-state index < -0.39 is 0 Å². The molecule has 0 radical (unpaired) electrons. The maximum atomic E-state index is 11.1. The normalized spacial score (nSPS) is 9.17. The predicted molar refractivity (Wildman–Crippen MR) is 41.4 cm³/mol. The molecule has 0 saturated carbocycles. The SMILES string of the molecule is [CH2-]c1cc(=O)n(C)c(=O)n1C.[Li+]. The third kappa shape index (κ3) is 1.66. The van der Waals surface area contributed by atoms with Gasteiger partial charge in [0.1, 0.15) is 0 Å². The number of rotatable bonds is 0. The molecule has 60 valence electrons. The fraction of sp³-hybridized carbons (Fsp3) is 0.286. The van der Waals surface area contributed by atoms with E-state index in [-0.39, 0.29) is 30.1 Å². The molecule has 1 heterocycles. The zero-order valence-electron chi connectivity index (χ0n) is 7.50. The van der Waals surface area contributed by atoms with Gasteiger partial charge in [-0.2, -0.15) is 0 Å². The molecule has 0 atom stereocenters. The monoisotopic (exact) mass is 160 g/mol. The van der Waals surface area contributed by atoms with Crippen molar-refractivity contribution in [3.8, 4) is 0 Å². The van der Waals surface area contributed by atoms with Gasteiger partial charge in [0.05, 0.1) is 0 Å². The molecule has 0 aliphatic rings. The van der Waals surface area contributed by atoms with Gasteiger partial charge >= 0.3 is 24.6 Å². The van der Waals surface area contributed by atoms with Crippen LogP contribution in [0, 0.1) is 6.92 Å². The van der Waals surface area contributed by atoms with Gasteiger partial charge < -0.3 is 4.57 Å². The Morgan fingerprint density at radius 1 is 1.25 bits per heavy atom. The van der Waals surface area contributed by atoms with Crippen LogP contribution in [0.2, 0.25) is 0 Å². The summed E-state index contributed by atoms with van der Waals surface area (Å²) in [7, 11) is 3.01. The molecule has 0 N–H and O–H groups in total. The van der Waals surface area contributed by atoms with Gasteiger partial charge in [0.2, 0.25) is 0 Å². The topological polar surface area (TPSA) is 44.0 Å². The Morgan fingerprint density at radius 3 is 2.25 bits per heavy atom. The van der Waals surface area contributed by atoms with Crippen LogP contribution < -0.4 is 30.1 Å². The van der Waals surface area contributed by atoms with Crippen LogP contribution in [-0.2, 0) is 14.1 Å². The summed E-state index contributed by atoms with van der Waals surface area (Å²) in [5, 5.41) is 0. The standard InChI is InChI=1S/C7H9N2O2.Li/c1-5-4-6(10)9(3)7(11)8(5)2;/h4H,1H2,2-3H3;/q-1;+1. The fourth-order valence-electron chi connectivity index (χ4n) is 0.778. The zero-order chi connectivity index (χ0) is 8.59. The largest absolute Gasteiger partial charge is 1.00 e. The second-order valence-corrected chi connectivity index (χ2v) is 2.37. The quantitative estimate of drug-likeness (QED) is 0.289. The van der Waals surface area contributed by atoms with Crippen molar-refractivity contribution < 1.29 is 18.9 Å². The van der Waals surface area contributed by atoms with Crippen molar-refractivity contribution in [2.24, 2.45) is 14.1 Å². The van der Waals surface area contributed by atoms with Gasteiger partial charge in [-0.05, 0) is 0 Å². The fourth-order valence-corrected chi connectivity index (χ4v) is 0.778. The second kappa shape index (κ2) is 3.70. The van der Waals surface area contributed by atoms with E-state index >= 15 is 0 Å². The van der Waals surface area contributed by atoms with E-state index in [1.807, 2.05) is 0 Å². The van der Waals surface area contributed by atoms with Crippen LogP contribution in [0.25, 0.3) is 0 Å². The molecule has 0 unspecified atom stereocenters. The maximum absolute atomic E-state index is 11.1. The minimum absolute atomic E-state index is 0. The Hall–Kier alpha value is -0.853. The van der Waals surface area contributed by atoms with Crippen molar-refractivity contribution in [1.29, 1.82) is 0 Å². The Bertz CT molecular complexity index is 391. The van der Waals surface area contributed by atoms with Crippen LogP contribution in [0.15, 0.2) is 15.7 Å². The van der Waals surface area contributed by atoms with Gasteiger partial charge in [0.15, 0.2) is 5.56 Å². The summed E-state index contributed by atoms with van der Waals surface area (Å²) in [6.45, 7) is 3.53. The predicted octanol–water partition coefficient (Wildman–Crippen LogP) is -3.73. The van der Waals surface area contributed by atoms with Crippen molar-refractivity contribution in [3.63, 3.8) is 0 Å². The van der Waals surface area contributed by atoms with E-state index in [0.29, 0.717) is 5.69 Å². The van der Waals surface area contributed by atoms with Crippen LogP contribution in [0.5, 0.6) is 0 Å². The molecule has 12 heavy (non-hydrogen) atoms. The van der Waals surface area contributed by atoms with Crippen LogP contribution in [-0.4, -0.2) is 9.13 Å². The van der Waals surface area contributed by atoms with E-state index in [1.54, 1.807) is 7.05 Å². The summed E-state index contributed by atoms with van der Waals surface area (Å²) >= 11 is 0. The van der Waals surface area contributed by atoms with Crippen LogP contribution in [0.3, 0.4) is 0 Å². The molecule has 1 aromatic heterocycles. The van der Waals surface area contributed by atoms with Crippen LogP contribution in [0.1, 0.15) is 5.69 Å². The van der Waals surface area contributed by atoms with Gasteiger partial charge in [-0.1, -0.05) is 0 Å². The number of nitrogens with zero attached hydrogens (tertiary/aromatic N) is 2. The maximum Gasteiger partial charge on any atom is 1.00 e. The van der Waals surface area contributed by atoms with E-state index in [2.05, 4.69) is 6.92 Å². The summed E-state index contributed by atoms with van der Waals surface area (Å²) < 4.78 is 2.36. The Balaban J connectivity index is 0.00000121. The molecule has 0 fully saturated rings. The van der Waals surface area contributed by atoms with E-state index in [9.17, 15) is 9.59 Å².